The summed E-state index contributed by atoms with van der Waals surface area (Å²) in [6.45, 7) is 10.7. The van der Waals surface area contributed by atoms with Crippen LogP contribution in [0.25, 0.3) is 0 Å². The Hall–Kier alpha value is -1.30. The van der Waals surface area contributed by atoms with E-state index in [1.54, 1.807) is 4.90 Å². The maximum Gasteiger partial charge on any atom is 0.410 e. The first-order chi connectivity index (χ1) is 9.60. The molecule has 0 bridgehead atoms. The van der Waals surface area contributed by atoms with E-state index >= 15 is 0 Å². The molecule has 1 saturated heterocycles. The second kappa shape index (κ2) is 7.11. The lowest BCUT2D eigenvalue weighted by atomic mass is 10.0. The molecule has 0 saturated carbocycles. The maximum atomic E-state index is 12.1. The summed E-state index contributed by atoms with van der Waals surface area (Å²) < 4.78 is 5.40. The molecule has 1 amide bonds. The van der Waals surface area contributed by atoms with Gasteiger partial charge in [-0.1, -0.05) is 0 Å². The molecule has 0 aromatic rings. The van der Waals surface area contributed by atoms with Crippen LogP contribution in [0.2, 0.25) is 0 Å². The smallest absolute Gasteiger partial charge is 0.410 e. The van der Waals surface area contributed by atoms with Gasteiger partial charge in [0.05, 0.1) is 6.54 Å². The zero-order valence-electron chi connectivity index (χ0n) is 13.8. The maximum absolute atomic E-state index is 12.1. The highest BCUT2D eigenvalue weighted by atomic mass is 16.6. The molecule has 0 aromatic heterocycles. The third-order valence-corrected chi connectivity index (χ3v) is 3.50. The van der Waals surface area contributed by atoms with Crippen LogP contribution in [0.3, 0.4) is 0 Å². The minimum atomic E-state index is -0.835. The quantitative estimate of drug-likeness (QED) is 0.861. The lowest BCUT2D eigenvalue weighted by Crippen LogP contribution is -2.53. The summed E-state index contributed by atoms with van der Waals surface area (Å²) in [5.41, 5.74) is -0.511. The summed E-state index contributed by atoms with van der Waals surface area (Å²) in [6.07, 6.45) is 1.46. The van der Waals surface area contributed by atoms with Crippen LogP contribution in [-0.2, 0) is 9.53 Å². The van der Waals surface area contributed by atoms with Crippen LogP contribution in [0.1, 0.15) is 47.5 Å². The van der Waals surface area contributed by atoms with Crippen LogP contribution in [0.15, 0.2) is 0 Å². The van der Waals surface area contributed by atoms with Gasteiger partial charge in [0.25, 0.3) is 0 Å². The van der Waals surface area contributed by atoms with Gasteiger partial charge in [-0.2, -0.15) is 0 Å². The molecule has 6 nitrogen and oxygen atoms in total. The van der Waals surface area contributed by atoms with Gasteiger partial charge in [0.15, 0.2) is 0 Å². The molecule has 0 spiro atoms. The van der Waals surface area contributed by atoms with E-state index in [1.165, 1.54) is 0 Å². The van der Waals surface area contributed by atoms with E-state index in [1.807, 2.05) is 39.5 Å². The monoisotopic (exact) mass is 300 g/mol. The Labute approximate surface area is 127 Å². The van der Waals surface area contributed by atoms with Gasteiger partial charge < -0.3 is 14.7 Å². The van der Waals surface area contributed by atoms with Gasteiger partial charge in [-0.05, 0) is 47.5 Å². The van der Waals surface area contributed by atoms with Crippen molar-refractivity contribution < 1.29 is 19.4 Å². The molecule has 0 unspecified atom stereocenters. The van der Waals surface area contributed by atoms with E-state index < -0.39 is 11.6 Å². The number of rotatable bonds is 4. The molecule has 1 atom stereocenters. The van der Waals surface area contributed by atoms with Crippen molar-refractivity contribution in [3.63, 3.8) is 0 Å². The number of likely N-dealkylation sites (tertiary alicyclic amines) is 1. The first-order valence-electron chi connectivity index (χ1n) is 7.55. The minimum Gasteiger partial charge on any atom is -0.480 e. The Kier molecular flexibility index (Phi) is 6.01. The van der Waals surface area contributed by atoms with E-state index in [0.29, 0.717) is 13.1 Å². The van der Waals surface area contributed by atoms with Crippen molar-refractivity contribution in [3.8, 4) is 0 Å². The topological polar surface area (TPSA) is 70.1 Å². The average molecular weight is 300 g/mol. The number of amides is 1. The Balaban J connectivity index is 2.69. The number of carbonyl (C=O) groups excluding carboxylic acids is 1. The molecule has 6 heteroatoms. The van der Waals surface area contributed by atoms with Crippen molar-refractivity contribution in [1.29, 1.82) is 0 Å². The second-order valence-corrected chi connectivity index (χ2v) is 6.88. The SMILES string of the molecule is CC(C)N(CC(=O)O)[C@H]1CCCN(C(=O)OC(C)(C)C)C1. The number of piperidine rings is 1. The zero-order valence-corrected chi connectivity index (χ0v) is 13.8. The molecule has 1 aliphatic rings. The second-order valence-electron chi connectivity index (χ2n) is 6.88. The number of hydrogen-bond acceptors (Lipinski definition) is 4. The summed E-state index contributed by atoms with van der Waals surface area (Å²) in [7, 11) is 0. The molecule has 122 valence electrons. The van der Waals surface area contributed by atoms with E-state index in [-0.39, 0.29) is 24.7 Å². The first-order valence-corrected chi connectivity index (χ1v) is 7.55. The fraction of sp³-hybridized carbons (Fsp3) is 0.867. The number of carbonyl (C=O) groups is 2. The number of carboxylic acids is 1. The van der Waals surface area contributed by atoms with Crippen molar-refractivity contribution in [2.75, 3.05) is 19.6 Å². The van der Waals surface area contributed by atoms with E-state index in [0.717, 1.165) is 12.8 Å². The summed E-state index contributed by atoms with van der Waals surface area (Å²) in [5.74, 6) is -0.835. The Morgan fingerprint density at radius 3 is 2.48 bits per heavy atom. The Morgan fingerprint density at radius 1 is 1.38 bits per heavy atom. The fourth-order valence-electron chi connectivity index (χ4n) is 2.61. The largest absolute Gasteiger partial charge is 0.480 e. The summed E-state index contributed by atoms with van der Waals surface area (Å²) >= 11 is 0. The normalized spacial score (nSPS) is 20.0. The van der Waals surface area contributed by atoms with Crippen LogP contribution in [0.4, 0.5) is 4.79 Å². The molecule has 1 rings (SSSR count). The zero-order chi connectivity index (χ0) is 16.2. The van der Waals surface area contributed by atoms with Crippen molar-refractivity contribution >= 4 is 12.1 Å². The van der Waals surface area contributed by atoms with E-state index in [2.05, 4.69) is 0 Å². The lowest BCUT2D eigenvalue weighted by Gasteiger charge is -2.40. The number of aliphatic carboxylic acids is 1. The molecule has 21 heavy (non-hydrogen) atoms. The van der Waals surface area contributed by atoms with Gasteiger partial charge in [-0.25, -0.2) is 4.79 Å². The van der Waals surface area contributed by atoms with Crippen molar-refractivity contribution in [1.82, 2.24) is 9.80 Å². The van der Waals surface area contributed by atoms with Crippen LogP contribution >= 0.6 is 0 Å². The molecular formula is C15H28N2O4. The third kappa shape index (κ3) is 5.91. The number of nitrogens with zero attached hydrogens (tertiary/aromatic N) is 2. The van der Waals surface area contributed by atoms with Gasteiger partial charge in [0, 0.05) is 25.2 Å². The predicted molar refractivity (Wildman–Crippen MR) is 80.3 cm³/mol. The molecule has 1 heterocycles. The summed E-state index contributed by atoms with van der Waals surface area (Å²) in [4.78, 5) is 26.8. The van der Waals surface area contributed by atoms with Crippen molar-refractivity contribution in [3.05, 3.63) is 0 Å². The summed E-state index contributed by atoms with van der Waals surface area (Å²) in [6, 6.07) is 0.201. The fourth-order valence-corrected chi connectivity index (χ4v) is 2.61. The number of hydrogen-bond donors (Lipinski definition) is 1. The summed E-state index contributed by atoms with van der Waals surface area (Å²) in [5, 5.41) is 9.04. The highest BCUT2D eigenvalue weighted by molar-refractivity contribution is 5.69. The van der Waals surface area contributed by atoms with Crippen LogP contribution < -0.4 is 0 Å². The number of ether oxygens (including phenoxy) is 1. The molecule has 0 aromatic carbocycles. The van der Waals surface area contributed by atoms with Crippen LogP contribution in [0.5, 0.6) is 0 Å². The third-order valence-electron chi connectivity index (χ3n) is 3.50. The van der Waals surface area contributed by atoms with Crippen molar-refractivity contribution in [2.24, 2.45) is 0 Å². The molecule has 1 N–H and O–H groups in total. The van der Waals surface area contributed by atoms with Gasteiger partial charge in [-0.15, -0.1) is 0 Å². The van der Waals surface area contributed by atoms with Gasteiger partial charge in [-0.3, -0.25) is 9.69 Å². The Morgan fingerprint density at radius 2 is 2.00 bits per heavy atom. The van der Waals surface area contributed by atoms with E-state index in [4.69, 9.17) is 9.84 Å². The minimum absolute atomic E-state index is 0.00446. The molecular weight excluding hydrogens is 272 g/mol. The highest BCUT2D eigenvalue weighted by Crippen LogP contribution is 2.20. The Bertz CT molecular complexity index is 376. The molecule has 0 aliphatic carbocycles. The molecule has 1 fully saturated rings. The average Bonchev–Trinajstić information content (AvgIpc) is 2.33. The van der Waals surface area contributed by atoms with E-state index in [9.17, 15) is 9.59 Å². The van der Waals surface area contributed by atoms with Crippen molar-refractivity contribution in [2.45, 2.75) is 65.1 Å². The van der Waals surface area contributed by atoms with Crippen LogP contribution in [0, 0.1) is 0 Å². The highest BCUT2D eigenvalue weighted by Gasteiger charge is 2.32. The van der Waals surface area contributed by atoms with Gasteiger partial charge in [0.2, 0.25) is 0 Å². The first kappa shape index (κ1) is 17.8. The molecule has 0 radical (unpaired) electrons. The van der Waals surface area contributed by atoms with Gasteiger partial charge in [0.1, 0.15) is 5.60 Å². The van der Waals surface area contributed by atoms with Crippen LogP contribution in [-0.4, -0.2) is 64.3 Å². The predicted octanol–water partition coefficient (Wildman–Crippen LogP) is 2.18. The standard InChI is InChI=1S/C15H28N2O4/c1-11(2)17(10-13(18)19)12-7-6-8-16(9-12)14(20)21-15(3,4)5/h11-12H,6-10H2,1-5H3,(H,18,19)/t12-/m0/s1. The molecule has 1 aliphatic heterocycles. The lowest BCUT2D eigenvalue weighted by molar-refractivity contribution is -0.139. The van der Waals surface area contributed by atoms with Gasteiger partial charge >= 0.3 is 12.1 Å². The number of carboxylic acid groups (broad SMARTS) is 1.